The first-order valence-electron chi connectivity index (χ1n) is 9.21. The van der Waals surface area contributed by atoms with E-state index in [2.05, 4.69) is 26.0 Å². The number of ether oxygens (including phenoxy) is 2. The summed E-state index contributed by atoms with van der Waals surface area (Å²) >= 11 is 3.54. The summed E-state index contributed by atoms with van der Waals surface area (Å²) in [4.78, 5) is 16.8. The van der Waals surface area contributed by atoms with Crippen molar-refractivity contribution in [2.24, 2.45) is 5.10 Å². The number of hydrogen-bond acceptors (Lipinski definition) is 5. The van der Waals surface area contributed by atoms with Gasteiger partial charge in [-0.1, -0.05) is 42.5 Å². The molecule has 0 bridgehead atoms. The second-order valence-corrected chi connectivity index (χ2v) is 7.32. The van der Waals surface area contributed by atoms with Crippen molar-refractivity contribution in [1.82, 2.24) is 9.66 Å². The fraction of sp³-hybridized carbons (Fsp3) is 0.0870. The first kappa shape index (κ1) is 19.8. The van der Waals surface area contributed by atoms with Crippen LogP contribution in [0.5, 0.6) is 11.5 Å². The van der Waals surface area contributed by atoms with Gasteiger partial charge in [0.15, 0.2) is 11.5 Å². The van der Waals surface area contributed by atoms with E-state index in [9.17, 15) is 4.79 Å². The van der Waals surface area contributed by atoms with Crippen molar-refractivity contribution in [3.63, 3.8) is 0 Å². The van der Waals surface area contributed by atoms with Gasteiger partial charge in [0, 0.05) is 0 Å². The maximum absolute atomic E-state index is 12.6. The summed E-state index contributed by atoms with van der Waals surface area (Å²) in [5, 5.41) is 4.78. The number of methoxy groups -OCH3 is 1. The minimum atomic E-state index is -0.231. The van der Waals surface area contributed by atoms with E-state index in [1.165, 1.54) is 11.0 Å². The Morgan fingerprint density at radius 1 is 1.10 bits per heavy atom. The van der Waals surface area contributed by atoms with Crippen molar-refractivity contribution in [1.29, 1.82) is 0 Å². The number of benzene rings is 3. The number of aromatic nitrogens is 2. The summed E-state index contributed by atoms with van der Waals surface area (Å²) in [6, 6.07) is 20.7. The Kier molecular flexibility index (Phi) is 5.90. The number of rotatable bonds is 6. The van der Waals surface area contributed by atoms with Crippen LogP contribution in [0.25, 0.3) is 10.9 Å². The molecule has 3 aromatic carbocycles. The van der Waals surface area contributed by atoms with E-state index in [1.54, 1.807) is 37.6 Å². The smallest absolute Gasteiger partial charge is 0.281 e. The molecule has 0 radical (unpaired) electrons. The molecule has 0 amide bonds. The van der Waals surface area contributed by atoms with Crippen molar-refractivity contribution in [2.45, 2.75) is 6.61 Å². The van der Waals surface area contributed by atoms with Crippen LogP contribution in [0.15, 0.2) is 87.4 Å². The highest BCUT2D eigenvalue weighted by Gasteiger charge is 2.12. The molecule has 0 saturated heterocycles. The number of para-hydroxylation sites is 1. The first-order chi connectivity index (χ1) is 14.7. The van der Waals surface area contributed by atoms with Crippen LogP contribution in [0, 0.1) is 0 Å². The van der Waals surface area contributed by atoms with Crippen molar-refractivity contribution < 1.29 is 9.47 Å². The van der Waals surface area contributed by atoms with E-state index >= 15 is 0 Å². The Morgan fingerprint density at radius 2 is 1.87 bits per heavy atom. The molecular weight excluding hydrogens is 446 g/mol. The second-order valence-electron chi connectivity index (χ2n) is 6.46. The van der Waals surface area contributed by atoms with E-state index in [4.69, 9.17) is 9.47 Å². The largest absolute Gasteiger partial charge is 0.493 e. The van der Waals surface area contributed by atoms with Gasteiger partial charge in [-0.3, -0.25) is 4.79 Å². The van der Waals surface area contributed by atoms with Crippen LogP contribution in [0.4, 0.5) is 0 Å². The molecule has 0 aliphatic heterocycles. The van der Waals surface area contributed by atoms with Crippen LogP contribution in [0.1, 0.15) is 11.1 Å². The van der Waals surface area contributed by atoms with Gasteiger partial charge in [-0.15, -0.1) is 0 Å². The van der Waals surface area contributed by atoms with E-state index < -0.39 is 0 Å². The summed E-state index contributed by atoms with van der Waals surface area (Å²) in [7, 11) is 1.58. The molecule has 4 rings (SSSR count). The van der Waals surface area contributed by atoms with E-state index in [-0.39, 0.29) is 5.56 Å². The minimum absolute atomic E-state index is 0.231. The van der Waals surface area contributed by atoms with Crippen LogP contribution in [-0.2, 0) is 6.61 Å². The Morgan fingerprint density at radius 3 is 2.67 bits per heavy atom. The monoisotopic (exact) mass is 463 g/mol. The number of fused-ring (bicyclic) bond motifs is 1. The molecule has 4 aromatic rings. The fourth-order valence-corrected chi connectivity index (χ4v) is 3.53. The van der Waals surface area contributed by atoms with Gasteiger partial charge in [0.1, 0.15) is 12.9 Å². The van der Waals surface area contributed by atoms with Gasteiger partial charge in [0.25, 0.3) is 5.56 Å². The van der Waals surface area contributed by atoms with Crippen LogP contribution in [0.3, 0.4) is 0 Å². The zero-order valence-electron chi connectivity index (χ0n) is 16.2. The predicted molar refractivity (Wildman–Crippen MR) is 120 cm³/mol. The molecule has 0 unspecified atom stereocenters. The molecule has 30 heavy (non-hydrogen) atoms. The normalized spacial score (nSPS) is 11.1. The molecule has 0 aliphatic carbocycles. The molecule has 0 fully saturated rings. The second kappa shape index (κ2) is 8.92. The third-order valence-electron chi connectivity index (χ3n) is 4.46. The van der Waals surface area contributed by atoms with Gasteiger partial charge in [0.2, 0.25) is 0 Å². The topological polar surface area (TPSA) is 65.7 Å². The lowest BCUT2D eigenvalue weighted by Gasteiger charge is -2.13. The van der Waals surface area contributed by atoms with Crippen molar-refractivity contribution in [3.05, 3.63) is 99.0 Å². The maximum atomic E-state index is 12.6. The number of halogens is 1. The van der Waals surface area contributed by atoms with Gasteiger partial charge >= 0.3 is 0 Å². The van der Waals surface area contributed by atoms with Crippen molar-refractivity contribution in [2.75, 3.05) is 7.11 Å². The minimum Gasteiger partial charge on any atom is -0.493 e. The summed E-state index contributed by atoms with van der Waals surface area (Å²) in [5.74, 6) is 1.16. The quantitative estimate of drug-likeness (QED) is 0.391. The zero-order valence-corrected chi connectivity index (χ0v) is 17.7. The SMILES string of the molecule is COc1cc(/C=N/n2cnc3ccccc3c2=O)cc(Br)c1OCc1ccccc1. The lowest BCUT2D eigenvalue weighted by molar-refractivity contribution is 0.282. The van der Waals surface area contributed by atoms with Crippen molar-refractivity contribution in [3.8, 4) is 11.5 Å². The lowest BCUT2D eigenvalue weighted by Crippen LogP contribution is -2.17. The van der Waals surface area contributed by atoms with Crippen LogP contribution in [-0.4, -0.2) is 23.0 Å². The third kappa shape index (κ3) is 4.26. The number of nitrogens with zero attached hydrogens (tertiary/aromatic N) is 3. The average molecular weight is 464 g/mol. The van der Waals surface area contributed by atoms with Gasteiger partial charge in [-0.25, -0.2) is 4.98 Å². The molecule has 0 atom stereocenters. The Balaban J connectivity index is 1.60. The Labute approximate surface area is 181 Å². The lowest BCUT2D eigenvalue weighted by atomic mass is 10.2. The zero-order chi connectivity index (χ0) is 20.9. The highest BCUT2D eigenvalue weighted by molar-refractivity contribution is 9.10. The van der Waals surface area contributed by atoms with Crippen LogP contribution in [0.2, 0.25) is 0 Å². The Bertz CT molecular complexity index is 1270. The molecule has 0 N–H and O–H groups in total. The van der Waals surface area contributed by atoms with Gasteiger partial charge in [-0.2, -0.15) is 9.78 Å². The first-order valence-corrected chi connectivity index (χ1v) is 10.00. The maximum Gasteiger partial charge on any atom is 0.281 e. The highest BCUT2D eigenvalue weighted by atomic mass is 79.9. The highest BCUT2D eigenvalue weighted by Crippen LogP contribution is 2.36. The molecule has 7 heteroatoms. The van der Waals surface area contributed by atoms with E-state index in [0.29, 0.717) is 29.0 Å². The predicted octanol–water partition coefficient (Wildman–Crippen LogP) is 4.63. The van der Waals surface area contributed by atoms with Gasteiger partial charge in [0.05, 0.1) is 28.7 Å². The van der Waals surface area contributed by atoms with E-state index in [0.717, 1.165) is 15.6 Å². The molecule has 1 aromatic heterocycles. The summed E-state index contributed by atoms with van der Waals surface area (Å²) in [5.41, 5.74) is 2.20. The number of hydrogen-bond donors (Lipinski definition) is 0. The van der Waals surface area contributed by atoms with Crippen molar-refractivity contribution >= 4 is 33.0 Å². The van der Waals surface area contributed by atoms with Crippen LogP contribution >= 0.6 is 15.9 Å². The van der Waals surface area contributed by atoms with Gasteiger partial charge in [-0.05, 0) is 51.3 Å². The van der Waals surface area contributed by atoms with Crippen LogP contribution < -0.4 is 15.0 Å². The third-order valence-corrected chi connectivity index (χ3v) is 5.05. The summed E-state index contributed by atoms with van der Waals surface area (Å²) in [6.45, 7) is 0.418. The molecule has 150 valence electrons. The van der Waals surface area contributed by atoms with Gasteiger partial charge < -0.3 is 9.47 Å². The molecule has 6 nitrogen and oxygen atoms in total. The summed E-state index contributed by atoms with van der Waals surface area (Å²) < 4.78 is 13.4. The summed E-state index contributed by atoms with van der Waals surface area (Å²) in [6.07, 6.45) is 2.98. The molecule has 0 aliphatic rings. The molecule has 0 spiro atoms. The van der Waals surface area contributed by atoms with E-state index in [1.807, 2.05) is 42.5 Å². The fourth-order valence-electron chi connectivity index (χ4n) is 2.96. The molecule has 0 saturated carbocycles. The Hall–Kier alpha value is -3.45. The standard InChI is InChI=1S/C23H18BrN3O3/c1-29-21-12-17(11-19(24)22(21)30-14-16-7-3-2-4-8-16)13-26-27-15-25-20-10-6-5-9-18(20)23(27)28/h2-13,15H,14H2,1H3/b26-13+. The molecule has 1 heterocycles. The molecular formula is C23H18BrN3O3. The average Bonchev–Trinajstić information content (AvgIpc) is 2.78.